The lowest BCUT2D eigenvalue weighted by Gasteiger charge is -2.22. The van der Waals surface area contributed by atoms with Gasteiger partial charge in [-0.2, -0.15) is 5.10 Å². The summed E-state index contributed by atoms with van der Waals surface area (Å²) in [4.78, 5) is 4.36. The molecule has 1 aromatic carbocycles. The average molecular weight is 372 g/mol. The molecular formula is C21H30FN5. The number of benzene rings is 1. The van der Waals surface area contributed by atoms with Crippen LogP contribution in [-0.4, -0.2) is 35.4 Å². The molecule has 1 aliphatic carbocycles. The Morgan fingerprint density at radius 1 is 1.37 bits per heavy atom. The summed E-state index contributed by atoms with van der Waals surface area (Å²) >= 11 is 0. The summed E-state index contributed by atoms with van der Waals surface area (Å²) < 4.78 is 15.5. The Hall–Kier alpha value is -2.37. The highest BCUT2D eigenvalue weighted by Crippen LogP contribution is 2.47. The van der Waals surface area contributed by atoms with E-state index >= 15 is 0 Å². The molecule has 3 rings (SSSR count). The van der Waals surface area contributed by atoms with Crippen LogP contribution in [0, 0.1) is 19.7 Å². The molecule has 146 valence electrons. The summed E-state index contributed by atoms with van der Waals surface area (Å²) in [6.45, 7) is 7.06. The maximum Gasteiger partial charge on any atom is 0.191 e. The van der Waals surface area contributed by atoms with E-state index in [1.165, 1.54) is 17.3 Å². The number of guanidine groups is 1. The highest BCUT2D eigenvalue weighted by molar-refractivity contribution is 5.80. The zero-order valence-corrected chi connectivity index (χ0v) is 16.9. The van der Waals surface area contributed by atoms with Gasteiger partial charge >= 0.3 is 0 Å². The summed E-state index contributed by atoms with van der Waals surface area (Å²) in [5.74, 6) is 0.612. The topological polar surface area (TPSA) is 54.2 Å². The van der Waals surface area contributed by atoms with Gasteiger partial charge in [-0.15, -0.1) is 0 Å². The van der Waals surface area contributed by atoms with Crippen molar-refractivity contribution >= 4 is 5.96 Å². The van der Waals surface area contributed by atoms with Gasteiger partial charge in [-0.05, 0) is 63.3 Å². The average Bonchev–Trinajstić information content (AvgIpc) is 3.39. The van der Waals surface area contributed by atoms with E-state index in [9.17, 15) is 4.39 Å². The molecule has 0 amide bonds. The van der Waals surface area contributed by atoms with Crippen molar-refractivity contribution in [3.63, 3.8) is 0 Å². The third-order valence-corrected chi connectivity index (χ3v) is 5.66. The minimum atomic E-state index is -0.169. The van der Waals surface area contributed by atoms with Crippen molar-refractivity contribution in [2.75, 3.05) is 13.6 Å². The second kappa shape index (κ2) is 7.71. The van der Waals surface area contributed by atoms with Gasteiger partial charge < -0.3 is 10.6 Å². The fourth-order valence-corrected chi connectivity index (χ4v) is 3.69. The van der Waals surface area contributed by atoms with Crippen LogP contribution >= 0.6 is 0 Å². The summed E-state index contributed by atoms with van der Waals surface area (Å²) in [5, 5.41) is 11.4. The van der Waals surface area contributed by atoms with Crippen LogP contribution in [0.5, 0.6) is 0 Å². The van der Waals surface area contributed by atoms with Crippen molar-refractivity contribution in [2.24, 2.45) is 12.0 Å². The number of nitrogens with one attached hydrogen (secondary N) is 2. The molecule has 0 saturated heterocycles. The molecule has 27 heavy (non-hydrogen) atoms. The Morgan fingerprint density at radius 2 is 2.11 bits per heavy atom. The lowest BCUT2D eigenvalue weighted by molar-refractivity contribution is 0.595. The van der Waals surface area contributed by atoms with Gasteiger partial charge in [0.2, 0.25) is 0 Å². The fraction of sp³-hybridized carbons (Fsp3) is 0.524. The molecule has 1 aliphatic rings. The first-order valence-corrected chi connectivity index (χ1v) is 9.57. The first-order valence-electron chi connectivity index (χ1n) is 9.57. The molecular weight excluding hydrogens is 341 g/mol. The van der Waals surface area contributed by atoms with Gasteiger partial charge in [-0.1, -0.05) is 12.1 Å². The predicted octanol–water partition coefficient (Wildman–Crippen LogP) is 3.00. The zero-order chi connectivity index (χ0) is 19.6. The Morgan fingerprint density at radius 3 is 2.67 bits per heavy atom. The molecule has 1 fully saturated rings. The van der Waals surface area contributed by atoms with E-state index in [0.717, 1.165) is 43.0 Å². The number of nitrogens with zero attached hydrogens (tertiary/aromatic N) is 3. The van der Waals surface area contributed by atoms with Gasteiger partial charge in [0, 0.05) is 37.8 Å². The maximum atomic E-state index is 13.6. The van der Waals surface area contributed by atoms with E-state index in [1.807, 2.05) is 17.8 Å². The van der Waals surface area contributed by atoms with Gasteiger partial charge in [0.1, 0.15) is 5.82 Å². The van der Waals surface area contributed by atoms with Gasteiger partial charge in [0.15, 0.2) is 5.96 Å². The zero-order valence-electron chi connectivity index (χ0n) is 16.9. The standard InChI is InChI=1S/C21H30FN5/c1-14(11-19-15(2)26-27(5)16(19)3)25-20(23-4)24-13-21(9-10-21)17-7-6-8-18(22)12-17/h6-8,12,14H,9-11,13H2,1-5H3,(H2,23,24,25). The molecule has 2 N–H and O–H groups in total. The number of aliphatic imine (C=N–C) groups is 1. The van der Waals surface area contributed by atoms with Gasteiger partial charge in [0.05, 0.1) is 5.69 Å². The normalized spacial score (nSPS) is 16.9. The third kappa shape index (κ3) is 4.31. The summed E-state index contributed by atoms with van der Waals surface area (Å²) in [7, 11) is 3.76. The van der Waals surface area contributed by atoms with Crippen molar-refractivity contribution in [1.29, 1.82) is 0 Å². The molecule has 1 aromatic heterocycles. The fourth-order valence-electron chi connectivity index (χ4n) is 3.69. The number of aromatic nitrogens is 2. The van der Waals surface area contributed by atoms with E-state index in [1.54, 1.807) is 19.2 Å². The highest BCUT2D eigenvalue weighted by atomic mass is 19.1. The molecule has 0 bridgehead atoms. The number of aryl methyl sites for hydroxylation is 2. The molecule has 6 heteroatoms. The van der Waals surface area contributed by atoms with Crippen LogP contribution in [0.3, 0.4) is 0 Å². The Balaban J connectivity index is 1.58. The Labute approximate surface area is 161 Å². The number of halogens is 1. The summed E-state index contributed by atoms with van der Waals surface area (Å²) in [6.07, 6.45) is 3.04. The summed E-state index contributed by atoms with van der Waals surface area (Å²) in [5.41, 5.74) is 4.66. The molecule has 1 saturated carbocycles. The first kappa shape index (κ1) is 19.4. The van der Waals surface area contributed by atoms with Gasteiger partial charge in [-0.25, -0.2) is 4.39 Å². The molecule has 1 heterocycles. The molecule has 0 spiro atoms. The SMILES string of the molecule is CN=C(NCC1(c2cccc(F)c2)CC1)NC(C)Cc1c(C)nn(C)c1C. The molecule has 0 radical (unpaired) electrons. The monoisotopic (exact) mass is 371 g/mol. The minimum absolute atomic E-state index is 0.0273. The smallest absolute Gasteiger partial charge is 0.191 e. The van der Waals surface area contributed by atoms with Gasteiger partial charge in [-0.3, -0.25) is 9.67 Å². The summed E-state index contributed by atoms with van der Waals surface area (Å²) in [6, 6.07) is 7.18. The van der Waals surface area contributed by atoms with Crippen LogP contribution in [0.25, 0.3) is 0 Å². The van der Waals surface area contributed by atoms with Crippen LogP contribution in [0.4, 0.5) is 4.39 Å². The van der Waals surface area contributed by atoms with E-state index < -0.39 is 0 Å². The molecule has 1 unspecified atom stereocenters. The maximum absolute atomic E-state index is 13.6. The molecule has 0 aliphatic heterocycles. The van der Waals surface area contributed by atoms with Crippen molar-refractivity contribution in [3.05, 3.63) is 52.6 Å². The van der Waals surface area contributed by atoms with E-state index in [0.29, 0.717) is 0 Å². The molecule has 1 atom stereocenters. The van der Waals surface area contributed by atoms with E-state index in [2.05, 4.69) is 41.5 Å². The van der Waals surface area contributed by atoms with Crippen LogP contribution < -0.4 is 10.6 Å². The second-order valence-electron chi connectivity index (χ2n) is 7.74. The third-order valence-electron chi connectivity index (χ3n) is 5.66. The highest BCUT2D eigenvalue weighted by Gasteiger charge is 2.44. The van der Waals surface area contributed by atoms with Crippen molar-refractivity contribution in [1.82, 2.24) is 20.4 Å². The van der Waals surface area contributed by atoms with Crippen LogP contribution in [0.15, 0.2) is 29.3 Å². The van der Waals surface area contributed by atoms with Crippen LogP contribution in [-0.2, 0) is 18.9 Å². The predicted molar refractivity (Wildman–Crippen MR) is 108 cm³/mol. The number of hydrogen-bond donors (Lipinski definition) is 2. The number of rotatable bonds is 6. The minimum Gasteiger partial charge on any atom is -0.356 e. The van der Waals surface area contributed by atoms with Crippen molar-refractivity contribution < 1.29 is 4.39 Å². The lowest BCUT2D eigenvalue weighted by atomic mass is 9.96. The Kier molecular flexibility index (Phi) is 5.53. The molecule has 2 aromatic rings. The number of hydrogen-bond acceptors (Lipinski definition) is 2. The van der Waals surface area contributed by atoms with Crippen LogP contribution in [0.1, 0.15) is 42.3 Å². The van der Waals surface area contributed by atoms with E-state index in [-0.39, 0.29) is 17.3 Å². The van der Waals surface area contributed by atoms with E-state index in [4.69, 9.17) is 0 Å². The second-order valence-corrected chi connectivity index (χ2v) is 7.74. The van der Waals surface area contributed by atoms with Crippen molar-refractivity contribution in [2.45, 2.75) is 51.5 Å². The van der Waals surface area contributed by atoms with Crippen molar-refractivity contribution in [3.8, 4) is 0 Å². The van der Waals surface area contributed by atoms with Gasteiger partial charge in [0.25, 0.3) is 0 Å². The largest absolute Gasteiger partial charge is 0.356 e. The lowest BCUT2D eigenvalue weighted by Crippen LogP contribution is -2.45. The van der Waals surface area contributed by atoms with Crippen LogP contribution in [0.2, 0.25) is 0 Å². The molecule has 5 nitrogen and oxygen atoms in total. The Bertz CT molecular complexity index is 835. The quantitative estimate of drug-likeness (QED) is 0.606. The first-order chi connectivity index (χ1) is 12.8.